The molecule has 2 nitrogen and oxygen atoms in total. The molecule has 0 spiro atoms. The third-order valence-corrected chi connectivity index (χ3v) is 9.11. The van der Waals surface area contributed by atoms with Crippen molar-refractivity contribution in [2.75, 3.05) is 0 Å². The predicted octanol–water partition coefficient (Wildman–Crippen LogP) is 4.19. The molecule has 0 N–H and O–H groups in total. The molecule has 2 unspecified atom stereocenters. The Labute approximate surface area is 171 Å². The van der Waals surface area contributed by atoms with Gasteiger partial charge in [0.05, 0.1) is 0 Å². The van der Waals surface area contributed by atoms with Gasteiger partial charge in [-0.3, -0.25) is 0 Å². The van der Waals surface area contributed by atoms with Crippen molar-refractivity contribution in [3.05, 3.63) is 66.2 Å². The van der Waals surface area contributed by atoms with Gasteiger partial charge in [-0.2, -0.15) is 0 Å². The molecule has 136 valence electrons. The van der Waals surface area contributed by atoms with Crippen molar-refractivity contribution in [2.45, 2.75) is 41.0 Å². The third kappa shape index (κ3) is 3.43. The summed E-state index contributed by atoms with van der Waals surface area (Å²) in [4.78, 5) is 15.4. The van der Waals surface area contributed by atoms with E-state index in [1.807, 2.05) is 29.2 Å². The summed E-state index contributed by atoms with van der Waals surface area (Å²) in [5.74, 6) is -0.105. The van der Waals surface area contributed by atoms with Gasteiger partial charge in [-0.25, -0.2) is 0 Å². The van der Waals surface area contributed by atoms with Crippen molar-refractivity contribution < 1.29 is 4.79 Å². The fourth-order valence-electron chi connectivity index (χ4n) is 4.22. The van der Waals surface area contributed by atoms with E-state index < -0.39 is 4.33 Å². The van der Waals surface area contributed by atoms with Gasteiger partial charge in [0.25, 0.3) is 0 Å². The molecule has 1 saturated heterocycles. The van der Waals surface area contributed by atoms with Crippen molar-refractivity contribution in [3.63, 3.8) is 0 Å². The molecule has 0 radical (unpaired) electrons. The Morgan fingerprint density at radius 3 is 2.35 bits per heavy atom. The third-order valence-electron chi connectivity index (χ3n) is 5.39. The first-order valence-corrected chi connectivity index (χ1v) is 11.6. The minimum atomic E-state index is -1.30. The van der Waals surface area contributed by atoms with Crippen LogP contribution in [-0.4, -0.2) is 36.1 Å². The summed E-state index contributed by atoms with van der Waals surface area (Å²) in [5, 5.41) is 0. The van der Waals surface area contributed by atoms with E-state index in [2.05, 4.69) is 36.4 Å². The van der Waals surface area contributed by atoms with E-state index in [-0.39, 0.29) is 32.8 Å². The van der Waals surface area contributed by atoms with Gasteiger partial charge >= 0.3 is 171 Å². The van der Waals surface area contributed by atoms with Gasteiger partial charge in [-0.15, -0.1) is 0 Å². The Morgan fingerprint density at radius 1 is 1.00 bits per heavy atom. The Kier molecular flexibility index (Phi) is 5.34. The summed E-state index contributed by atoms with van der Waals surface area (Å²) in [5.41, 5.74) is 1.13. The van der Waals surface area contributed by atoms with Crippen LogP contribution >= 0.6 is 23.2 Å². The van der Waals surface area contributed by atoms with Crippen molar-refractivity contribution >= 4 is 48.5 Å². The number of hydrogen-bond acceptors (Lipinski definition) is 1. The van der Waals surface area contributed by atoms with Crippen LogP contribution < -0.4 is 4.46 Å². The zero-order valence-corrected chi connectivity index (χ0v) is 17.6. The number of carbonyl (C=O) groups is 1. The van der Waals surface area contributed by atoms with Crippen LogP contribution in [0, 0.1) is 5.92 Å². The molecule has 0 bridgehead atoms. The average Bonchev–Trinajstić information content (AvgIpc) is 2.85. The van der Waals surface area contributed by atoms with Gasteiger partial charge in [-0.1, -0.05) is 0 Å². The number of hydrogen-bond donors (Lipinski definition) is 0. The molecule has 3 atom stereocenters. The average molecular weight is 453 g/mol. The Hall–Kier alpha value is -0.991. The molecular weight excluding hydrogens is 432 g/mol. The molecule has 2 fully saturated rings. The molecule has 1 aliphatic heterocycles. The van der Waals surface area contributed by atoms with E-state index in [9.17, 15) is 4.79 Å². The van der Waals surface area contributed by atoms with Gasteiger partial charge < -0.3 is 0 Å². The summed E-state index contributed by atoms with van der Waals surface area (Å²) >= 11 is 13.7. The molecule has 26 heavy (non-hydrogen) atoms. The number of benzene rings is 2. The molecule has 1 amide bonds. The van der Waals surface area contributed by atoms with E-state index in [1.165, 1.54) is 4.46 Å². The summed E-state index contributed by atoms with van der Waals surface area (Å²) in [7, 11) is 0. The second-order valence-electron chi connectivity index (χ2n) is 7.04. The van der Waals surface area contributed by atoms with E-state index in [4.69, 9.17) is 23.2 Å². The van der Waals surface area contributed by atoms with E-state index in [1.54, 1.807) is 0 Å². The Morgan fingerprint density at radius 2 is 1.65 bits per heavy atom. The van der Waals surface area contributed by atoms with Crippen LogP contribution in [0.15, 0.2) is 60.7 Å². The first-order chi connectivity index (χ1) is 12.6. The Bertz CT molecular complexity index is 768. The van der Waals surface area contributed by atoms with Crippen LogP contribution in [0.3, 0.4) is 0 Å². The van der Waals surface area contributed by atoms with Crippen LogP contribution in [0.4, 0.5) is 0 Å². The molecule has 5 heteroatoms. The number of fused-ring (bicyclic) bond motifs is 1. The summed E-state index contributed by atoms with van der Waals surface area (Å²) in [6.07, 6.45) is 3.22. The van der Waals surface area contributed by atoms with Crippen LogP contribution in [0.2, 0.25) is 4.82 Å². The minimum absolute atomic E-state index is 0.0102. The van der Waals surface area contributed by atoms with Gasteiger partial charge in [0.1, 0.15) is 0 Å². The number of rotatable bonds is 4. The van der Waals surface area contributed by atoms with Gasteiger partial charge in [-0.05, 0) is 0 Å². The Balaban J connectivity index is 1.60. The number of carbonyl (C=O) groups excluding carboxylic acids is 1. The van der Waals surface area contributed by atoms with Crippen LogP contribution in [0.25, 0.3) is 0 Å². The number of alkyl halides is 2. The number of halogens is 2. The number of likely N-dealkylation sites (tertiary alicyclic amines) is 1. The van der Waals surface area contributed by atoms with E-state index in [0.29, 0.717) is 11.4 Å². The maximum absolute atomic E-state index is 13.1. The van der Waals surface area contributed by atoms with E-state index >= 15 is 0 Å². The predicted molar refractivity (Wildman–Crippen MR) is 108 cm³/mol. The van der Waals surface area contributed by atoms with Crippen LogP contribution in [0.5, 0.6) is 0 Å². The van der Waals surface area contributed by atoms with Crippen molar-refractivity contribution in [3.8, 4) is 0 Å². The second kappa shape index (κ2) is 7.56. The fourth-order valence-corrected chi connectivity index (χ4v) is 8.48. The topological polar surface area (TPSA) is 20.3 Å². The van der Waals surface area contributed by atoms with Crippen LogP contribution in [-0.2, 0) is 11.3 Å². The van der Waals surface area contributed by atoms with Gasteiger partial charge in [0, 0.05) is 0 Å². The SMILES string of the molecule is O=C1N(Cc2ccccc2)C2CCC[C@H]([Se]c3ccccc3)C2C1(Cl)Cl. The monoisotopic (exact) mass is 453 g/mol. The summed E-state index contributed by atoms with van der Waals surface area (Å²) in [6.45, 7) is 0.590. The molecule has 1 heterocycles. The standard InChI is InChI=1S/C21H21Cl2NOSe/c22-21(23)19-17(24(20(21)25)14-15-8-3-1-4-9-15)12-7-13-18(19)26-16-10-5-2-6-11-16/h1-6,8-11,17-19H,7,12-14H2/t17?,18-,19?/m0/s1. The molecule has 1 saturated carbocycles. The first kappa shape index (κ1) is 18.4. The molecule has 2 aromatic carbocycles. The molecule has 4 rings (SSSR count). The second-order valence-corrected chi connectivity index (χ2v) is 11.2. The number of nitrogens with zero attached hydrogens (tertiary/aromatic N) is 1. The molecule has 0 aromatic heterocycles. The van der Waals surface area contributed by atoms with Crippen molar-refractivity contribution in [1.29, 1.82) is 0 Å². The summed E-state index contributed by atoms with van der Waals surface area (Å²) in [6, 6.07) is 20.8. The van der Waals surface area contributed by atoms with Crippen molar-refractivity contribution in [2.24, 2.45) is 5.92 Å². The number of amides is 1. The van der Waals surface area contributed by atoms with E-state index in [0.717, 1.165) is 24.8 Å². The summed E-state index contributed by atoms with van der Waals surface area (Å²) < 4.78 is 0.0462. The molecule has 2 aliphatic rings. The molecule has 2 aromatic rings. The van der Waals surface area contributed by atoms with Gasteiger partial charge in [0.2, 0.25) is 0 Å². The maximum atomic E-state index is 13.1. The zero-order chi connectivity index (χ0) is 18.1. The quantitative estimate of drug-likeness (QED) is 0.503. The normalized spacial score (nSPS) is 27.4. The van der Waals surface area contributed by atoms with Crippen LogP contribution in [0.1, 0.15) is 24.8 Å². The first-order valence-electron chi connectivity index (χ1n) is 9.02. The van der Waals surface area contributed by atoms with Gasteiger partial charge in [0.15, 0.2) is 0 Å². The molecular formula is C21H21Cl2NOSe. The van der Waals surface area contributed by atoms with Crippen molar-refractivity contribution in [1.82, 2.24) is 4.90 Å². The zero-order valence-electron chi connectivity index (χ0n) is 14.4. The molecule has 1 aliphatic carbocycles. The fraction of sp³-hybridized carbons (Fsp3) is 0.381.